The molecule has 0 spiro atoms. The van der Waals surface area contributed by atoms with Crippen LogP contribution in [0.1, 0.15) is 19.8 Å². The van der Waals surface area contributed by atoms with Crippen molar-refractivity contribution < 1.29 is 4.74 Å². The van der Waals surface area contributed by atoms with E-state index in [1.807, 2.05) is 0 Å². The Morgan fingerprint density at radius 2 is 1.80 bits per heavy atom. The van der Waals surface area contributed by atoms with Crippen LogP contribution in [-0.2, 0) is 4.74 Å². The molecule has 0 aliphatic carbocycles. The molecule has 0 radical (unpaired) electrons. The maximum absolute atomic E-state index is 5.30. The van der Waals surface area contributed by atoms with Gasteiger partial charge in [0, 0.05) is 31.6 Å². The molecule has 2 heterocycles. The summed E-state index contributed by atoms with van der Waals surface area (Å²) in [6, 6.07) is 0. The van der Waals surface area contributed by atoms with Crippen LogP contribution in [0.2, 0.25) is 0 Å². The van der Waals surface area contributed by atoms with Crippen LogP contribution < -0.4 is 0 Å². The molecule has 2 aliphatic rings. The highest BCUT2D eigenvalue weighted by Crippen LogP contribution is 2.08. The largest absolute Gasteiger partial charge is 0.378 e. The molecule has 0 atom stereocenters. The molecule has 0 bridgehead atoms. The van der Waals surface area contributed by atoms with Gasteiger partial charge in [-0.25, -0.2) is 0 Å². The number of ether oxygens (including phenoxy) is 1. The predicted molar refractivity (Wildman–Crippen MR) is 61.2 cm³/mol. The van der Waals surface area contributed by atoms with Crippen molar-refractivity contribution in [3.8, 4) is 0 Å². The quantitative estimate of drug-likeness (QED) is 0.676. The molecule has 2 rings (SSSR count). The molecule has 0 aromatic heterocycles. The van der Waals surface area contributed by atoms with Gasteiger partial charge < -0.3 is 9.64 Å². The van der Waals surface area contributed by atoms with E-state index in [0.29, 0.717) is 0 Å². The molecule has 2 aliphatic heterocycles. The SMILES string of the molecule is CCN1CCC(=NN2CCOCC2)CC1. The summed E-state index contributed by atoms with van der Waals surface area (Å²) in [6.45, 7) is 9.34. The Morgan fingerprint density at radius 3 is 2.40 bits per heavy atom. The summed E-state index contributed by atoms with van der Waals surface area (Å²) in [6.07, 6.45) is 2.29. The van der Waals surface area contributed by atoms with Crippen LogP contribution in [0.4, 0.5) is 0 Å². The van der Waals surface area contributed by atoms with E-state index in [2.05, 4.69) is 16.8 Å². The fourth-order valence-electron chi connectivity index (χ4n) is 2.08. The van der Waals surface area contributed by atoms with Gasteiger partial charge in [-0.3, -0.25) is 5.01 Å². The first-order valence-corrected chi connectivity index (χ1v) is 6.00. The van der Waals surface area contributed by atoms with Crippen LogP contribution in [0.25, 0.3) is 0 Å². The van der Waals surface area contributed by atoms with Gasteiger partial charge >= 0.3 is 0 Å². The Labute approximate surface area is 91.9 Å². The van der Waals surface area contributed by atoms with E-state index in [1.165, 1.54) is 25.3 Å². The molecular weight excluding hydrogens is 190 g/mol. The van der Waals surface area contributed by atoms with Crippen LogP contribution >= 0.6 is 0 Å². The molecule has 86 valence electrons. The van der Waals surface area contributed by atoms with Gasteiger partial charge in [-0.1, -0.05) is 6.92 Å². The Balaban J connectivity index is 1.80. The summed E-state index contributed by atoms with van der Waals surface area (Å²) in [4.78, 5) is 2.48. The first kappa shape index (κ1) is 10.9. The lowest BCUT2D eigenvalue weighted by Crippen LogP contribution is -2.37. The Morgan fingerprint density at radius 1 is 1.13 bits per heavy atom. The molecule has 0 saturated carbocycles. The molecule has 0 unspecified atom stereocenters. The molecule has 0 aromatic rings. The lowest BCUT2D eigenvalue weighted by atomic mass is 10.1. The average molecular weight is 211 g/mol. The first-order chi connectivity index (χ1) is 7.38. The van der Waals surface area contributed by atoms with Crippen molar-refractivity contribution in [2.45, 2.75) is 19.8 Å². The Hall–Kier alpha value is -0.610. The molecule has 2 fully saturated rings. The minimum Gasteiger partial charge on any atom is -0.378 e. The van der Waals surface area contributed by atoms with Gasteiger partial charge in [0.2, 0.25) is 0 Å². The van der Waals surface area contributed by atoms with Crippen molar-refractivity contribution in [2.75, 3.05) is 45.9 Å². The van der Waals surface area contributed by atoms with Crippen molar-refractivity contribution in [3.63, 3.8) is 0 Å². The number of morpholine rings is 1. The number of hydrogen-bond donors (Lipinski definition) is 0. The maximum atomic E-state index is 5.30. The maximum Gasteiger partial charge on any atom is 0.0659 e. The minimum absolute atomic E-state index is 0.831. The number of hydrogen-bond acceptors (Lipinski definition) is 4. The third-order valence-electron chi connectivity index (χ3n) is 3.15. The van der Waals surface area contributed by atoms with Gasteiger partial charge in [-0.05, 0) is 6.54 Å². The standard InChI is InChI=1S/C11H21N3O/c1-2-13-5-3-11(4-6-13)12-14-7-9-15-10-8-14/h2-10H2,1H3. The minimum atomic E-state index is 0.831. The Kier molecular flexibility index (Phi) is 3.97. The smallest absolute Gasteiger partial charge is 0.0659 e. The van der Waals surface area contributed by atoms with Gasteiger partial charge in [0.15, 0.2) is 0 Å². The third kappa shape index (κ3) is 3.18. The second kappa shape index (κ2) is 5.47. The molecule has 0 N–H and O–H groups in total. The summed E-state index contributed by atoms with van der Waals surface area (Å²) in [5.74, 6) is 0. The number of piperidine rings is 1. The second-order valence-corrected chi connectivity index (χ2v) is 4.17. The zero-order valence-corrected chi connectivity index (χ0v) is 9.61. The molecule has 2 saturated heterocycles. The summed E-state index contributed by atoms with van der Waals surface area (Å²) in [5, 5.41) is 6.87. The zero-order chi connectivity index (χ0) is 10.5. The van der Waals surface area contributed by atoms with E-state index < -0.39 is 0 Å². The highest BCUT2D eigenvalue weighted by molar-refractivity contribution is 5.85. The summed E-state index contributed by atoms with van der Waals surface area (Å²) in [7, 11) is 0. The predicted octanol–water partition coefficient (Wildman–Crippen LogP) is 0.790. The van der Waals surface area contributed by atoms with E-state index in [4.69, 9.17) is 9.84 Å². The van der Waals surface area contributed by atoms with Crippen LogP contribution in [0.15, 0.2) is 5.10 Å². The van der Waals surface area contributed by atoms with Gasteiger partial charge in [0.1, 0.15) is 0 Å². The number of hydrazone groups is 1. The van der Waals surface area contributed by atoms with Gasteiger partial charge in [-0.15, -0.1) is 0 Å². The lowest BCUT2D eigenvalue weighted by Gasteiger charge is -2.29. The van der Waals surface area contributed by atoms with Crippen molar-refractivity contribution in [3.05, 3.63) is 0 Å². The van der Waals surface area contributed by atoms with E-state index in [1.54, 1.807) is 0 Å². The highest BCUT2D eigenvalue weighted by atomic mass is 16.5. The molecule has 4 heteroatoms. The fourth-order valence-corrected chi connectivity index (χ4v) is 2.08. The molecule has 4 nitrogen and oxygen atoms in total. The van der Waals surface area contributed by atoms with Crippen molar-refractivity contribution in [1.82, 2.24) is 9.91 Å². The molecule has 0 aromatic carbocycles. The van der Waals surface area contributed by atoms with Gasteiger partial charge in [-0.2, -0.15) is 5.10 Å². The van der Waals surface area contributed by atoms with Gasteiger partial charge in [0.05, 0.1) is 26.3 Å². The van der Waals surface area contributed by atoms with Crippen LogP contribution in [-0.4, -0.2) is 61.6 Å². The molecular formula is C11H21N3O. The first-order valence-electron chi connectivity index (χ1n) is 6.00. The normalized spacial score (nSPS) is 24.3. The number of likely N-dealkylation sites (tertiary alicyclic amines) is 1. The third-order valence-corrected chi connectivity index (χ3v) is 3.15. The zero-order valence-electron chi connectivity index (χ0n) is 9.61. The molecule has 15 heavy (non-hydrogen) atoms. The monoisotopic (exact) mass is 211 g/mol. The second-order valence-electron chi connectivity index (χ2n) is 4.17. The van der Waals surface area contributed by atoms with Crippen molar-refractivity contribution >= 4 is 5.71 Å². The van der Waals surface area contributed by atoms with Crippen molar-refractivity contribution in [2.24, 2.45) is 5.10 Å². The van der Waals surface area contributed by atoms with E-state index in [-0.39, 0.29) is 0 Å². The van der Waals surface area contributed by atoms with Crippen LogP contribution in [0.3, 0.4) is 0 Å². The number of nitrogens with zero attached hydrogens (tertiary/aromatic N) is 3. The average Bonchev–Trinajstić information content (AvgIpc) is 2.31. The summed E-state index contributed by atoms with van der Waals surface area (Å²) in [5.41, 5.74) is 1.38. The van der Waals surface area contributed by atoms with E-state index in [0.717, 1.165) is 39.1 Å². The summed E-state index contributed by atoms with van der Waals surface area (Å²) >= 11 is 0. The fraction of sp³-hybridized carbons (Fsp3) is 0.909. The Bertz CT molecular complexity index is 214. The van der Waals surface area contributed by atoms with Crippen LogP contribution in [0.5, 0.6) is 0 Å². The van der Waals surface area contributed by atoms with E-state index >= 15 is 0 Å². The lowest BCUT2D eigenvalue weighted by molar-refractivity contribution is 0.0389. The van der Waals surface area contributed by atoms with E-state index in [9.17, 15) is 0 Å². The topological polar surface area (TPSA) is 28.1 Å². The van der Waals surface area contributed by atoms with Crippen molar-refractivity contribution in [1.29, 1.82) is 0 Å². The van der Waals surface area contributed by atoms with Crippen LogP contribution in [0, 0.1) is 0 Å². The number of rotatable bonds is 2. The van der Waals surface area contributed by atoms with Gasteiger partial charge in [0.25, 0.3) is 0 Å². The highest BCUT2D eigenvalue weighted by Gasteiger charge is 2.15. The molecule has 0 amide bonds. The summed E-state index contributed by atoms with van der Waals surface area (Å²) < 4.78 is 5.30.